The molecular weight excluding hydrogens is 355 g/mol. The van der Waals surface area contributed by atoms with Gasteiger partial charge in [-0.1, -0.05) is 32.9 Å². The number of aryl methyl sites for hydroxylation is 1. The highest BCUT2D eigenvalue weighted by Crippen LogP contribution is 2.21. The van der Waals surface area contributed by atoms with Crippen LogP contribution in [-0.2, 0) is 13.1 Å². The smallest absolute Gasteiger partial charge is 0.272 e. The summed E-state index contributed by atoms with van der Waals surface area (Å²) in [6.07, 6.45) is 3.58. The Balaban J connectivity index is 1.75. The van der Waals surface area contributed by atoms with E-state index in [0.29, 0.717) is 18.2 Å². The second-order valence-corrected chi connectivity index (χ2v) is 7.95. The van der Waals surface area contributed by atoms with Crippen molar-refractivity contribution in [2.75, 3.05) is 19.6 Å². The first-order valence-electron chi connectivity index (χ1n) is 10.3. The number of rotatable bonds is 6. The first-order valence-corrected chi connectivity index (χ1v) is 10.3. The van der Waals surface area contributed by atoms with Gasteiger partial charge in [-0.3, -0.25) is 14.4 Å². The van der Waals surface area contributed by atoms with Crippen molar-refractivity contribution in [3.8, 4) is 0 Å². The quantitative estimate of drug-likeness (QED) is 0.758. The van der Waals surface area contributed by atoms with Crippen molar-refractivity contribution in [1.29, 1.82) is 0 Å². The Morgan fingerprint density at radius 2 is 1.96 bits per heavy atom. The number of carbonyl (C=O) groups excluding carboxylic acids is 1. The molecule has 1 aliphatic heterocycles. The van der Waals surface area contributed by atoms with Gasteiger partial charge in [0.05, 0.1) is 0 Å². The number of aromatic nitrogens is 2. The van der Waals surface area contributed by atoms with Gasteiger partial charge in [0.25, 0.3) is 5.91 Å². The monoisotopic (exact) mass is 386 g/mol. The van der Waals surface area contributed by atoms with Crippen LogP contribution >= 0.6 is 0 Å². The summed E-state index contributed by atoms with van der Waals surface area (Å²) < 4.78 is 15.0. The fourth-order valence-electron chi connectivity index (χ4n) is 3.97. The predicted molar refractivity (Wildman–Crippen MR) is 108 cm³/mol. The van der Waals surface area contributed by atoms with E-state index < -0.39 is 0 Å². The Labute approximate surface area is 167 Å². The van der Waals surface area contributed by atoms with Crippen LogP contribution in [0.4, 0.5) is 4.39 Å². The minimum atomic E-state index is -0.208. The molecule has 0 unspecified atom stereocenters. The van der Waals surface area contributed by atoms with Crippen molar-refractivity contribution in [2.45, 2.75) is 52.7 Å². The molecule has 5 nitrogen and oxygen atoms in total. The fourth-order valence-corrected chi connectivity index (χ4v) is 3.97. The van der Waals surface area contributed by atoms with E-state index in [0.717, 1.165) is 44.6 Å². The normalized spacial score (nSPS) is 18.5. The second-order valence-electron chi connectivity index (χ2n) is 7.95. The lowest BCUT2D eigenvalue weighted by Crippen LogP contribution is -2.45. The Hall–Kier alpha value is -2.21. The van der Waals surface area contributed by atoms with Crippen molar-refractivity contribution in [2.24, 2.45) is 5.92 Å². The van der Waals surface area contributed by atoms with Gasteiger partial charge in [-0.25, -0.2) is 4.39 Å². The molecule has 1 amide bonds. The number of halogens is 1. The summed E-state index contributed by atoms with van der Waals surface area (Å²) in [5, 5.41) is 4.31. The van der Waals surface area contributed by atoms with E-state index in [1.165, 1.54) is 12.1 Å². The van der Waals surface area contributed by atoms with Gasteiger partial charge in [-0.2, -0.15) is 5.10 Å². The van der Waals surface area contributed by atoms with Gasteiger partial charge in [-0.05, 0) is 42.5 Å². The third kappa shape index (κ3) is 4.79. The van der Waals surface area contributed by atoms with Gasteiger partial charge >= 0.3 is 0 Å². The molecule has 28 heavy (non-hydrogen) atoms. The Morgan fingerprint density at radius 1 is 1.21 bits per heavy atom. The van der Waals surface area contributed by atoms with Crippen molar-refractivity contribution >= 4 is 5.91 Å². The van der Waals surface area contributed by atoms with Crippen molar-refractivity contribution in [3.63, 3.8) is 0 Å². The molecule has 1 aromatic heterocycles. The van der Waals surface area contributed by atoms with Gasteiger partial charge in [0.15, 0.2) is 0 Å². The highest BCUT2D eigenvalue weighted by Gasteiger charge is 2.30. The molecule has 2 heterocycles. The van der Waals surface area contributed by atoms with Crippen LogP contribution in [0.15, 0.2) is 36.5 Å². The highest BCUT2D eigenvalue weighted by atomic mass is 19.1. The van der Waals surface area contributed by atoms with Crippen molar-refractivity contribution in [1.82, 2.24) is 19.6 Å². The molecule has 1 fully saturated rings. The minimum absolute atomic E-state index is 0.0697. The van der Waals surface area contributed by atoms with Crippen LogP contribution in [-0.4, -0.2) is 51.2 Å². The number of benzene rings is 1. The molecule has 2 aromatic rings. The molecule has 3 rings (SSSR count). The van der Waals surface area contributed by atoms with Gasteiger partial charge in [0.2, 0.25) is 0 Å². The maximum Gasteiger partial charge on any atom is 0.272 e. The summed E-state index contributed by atoms with van der Waals surface area (Å²) in [5.41, 5.74) is 1.78. The topological polar surface area (TPSA) is 41.4 Å². The molecule has 1 saturated heterocycles. The standard InChI is InChI=1S/C22H31FN4O/c1-4-12-27-20(10-11-24-27)22(28)26-14-5-13-25(21(16-26)17(2)3)15-18-6-8-19(23)9-7-18/h6-11,17,21H,4-5,12-16H2,1-3H3/t21-/m0/s1. The third-order valence-corrected chi connectivity index (χ3v) is 5.48. The van der Waals surface area contributed by atoms with E-state index in [1.807, 2.05) is 27.8 Å². The highest BCUT2D eigenvalue weighted by molar-refractivity contribution is 5.92. The summed E-state index contributed by atoms with van der Waals surface area (Å²) in [7, 11) is 0. The van der Waals surface area contributed by atoms with Crippen LogP contribution in [0.2, 0.25) is 0 Å². The molecule has 0 N–H and O–H groups in total. The Bertz CT molecular complexity index is 771. The summed E-state index contributed by atoms with van der Waals surface area (Å²) >= 11 is 0. The van der Waals surface area contributed by atoms with Gasteiger partial charge in [0, 0.05) is 45.0 Å². The van der Waals surface area contributed by atoms with Crippen LogP contribution in [0, 0.1) is 11.7 Å². The van der Waals surface area contributed by atoms with Crippen molar-refractivity contribution < 1.29 is 9.18 Å². The van der Waals surface area contributed by atoms with E-state index in [1.54, 1.807) is 6.20 Å². The lowest BCUT2D eigenvalue weighted by atomic mass is 10.0. The molecule has 1 aliphatic rings. The molecule has 6 heteroatoms. The average Bonchev–Trinajstić information content (AvgIpc) is 3.02. The molecule has 152 valence electrons. The number of hydrogen-bond acceptors (Lipinski definition) is 3. The lowest BCUT2D eigenvalue weighted by molar-refractivity contribution is 0.0690. The predicted octanol–water partition coefficient (Wildman–Crippen LogP) is 3.80. The third-order valence-electron chi connectivity index (χ3n) is 5.48. The molecule has 0 saturated carbocycles. The van der Waals surface area contributed by atoms with E-state index >= 15 is 0 Å². The first kappa shape index (κ1) is 20.5. The van der Waals surface area contributed by atoms with Crippen LogP contribution in [0.25, 0.3) is 0 Å². The zero-order valence-electron chi connectivity index (χ0n) is 17.1. The van der Waals surface area contributed by atoms with Gasteiger partial charge in [0.1, 0.15) is 11.5 Å². The summed E-state index contributed by atoms with van der Waals surface area (Å²) in [6.45, 7) is 10.4. The fraction of sp³-hybridized carbons (Fsp3) is 0.545. The molecule has 1 aromatic carbocycles. The zero-order chi connectivity index (χ0) is 20.1. The van der Waals surface area contributed by atoms with Crippen molar-refractivity contribution in [3.05, 3.63) is 53.6 Å². The lowest BCUT2D eigenvalue weighted by Gasteiger charge is -2.34. The maximum absolute atomic E-state index is 13.2. The van der Waals surface area contributed by atoms with Gasteiger partial charge in [-0.15, -0.1) is 0 Å². The van der Waals surface area contributed by atoms with Crippen LogP contribution in [0.1, 0.15) is 49.7 Å². The van der Waals surface area contributed by atoms with Crippen LogP contribution in [0.5, 0.6) is 0 Å². The summed E-state index contributed by atoms with van der Waals surface area (Å²) in [6, 6.07) is 8.82. The summed E-state index contributed by atoms with van der Waals surface area (Å²) in [4.78, 5) is 17.6. The number of nitrogens with zero attached hydrogens (tertiary/aromatic N) is 4. The SMILES string of the molecule is CCCn1nccc1C(=O)N1CCCN(Cc2ccc(F)cc2)[C@H](C(C)C)C1. The molecule has 0 spiro atoms. The van der Waals surface area contributed by atoms with Gasteiger partial charge < -0.3 is 4.90 Å². The maximum atomic E-state index is 13.2. The minimum Gasteiger partial charge on any atom is -0.336 e. The first-order chi connectivity index (χ1) is 13.5. The number of hydrogen-bond donors (Lipinski definition) is 0. The Kier molecular flexibility index (Phi) is 6.83. The number of carbonyl (C=O) groups is 1. The molecular formula is C22H31FN4O. The van der Waals surface area contributed by atoms with E-state index in [2.05, 4.69) is 30.8 Å². The zero-order valence-corrected chi connectivity index (χ0v) is 17.1. The molecule has 0 aliphatic carbocycles. The summed E-state index contributed by atoms with van der Waals surface area (Å²) in [5.74, 6) is 0.273. The van der Waals surface area contributed by atoms with E-state index in [4.69, 9.17) is 0 Å². The molecule has 1 atom stereocenters. The van der Waals surface area contributed by atoms with E-state index in [-0.39, 0.29) is 17.8 Å². The molecule has 0 bridgehead atoms. The average molecular weight is 387 g/mol. The van der Waals surface area contributed by atoms with Crippen LogP contribution in [0.3, 0.4) is 0 Å². The largest absolute Gasteiger partial charge is 0.336 e. The van der Waals surface area contributed by atoms with E-state index in [9.17, 15) is 9.18 Å². The number of amides is 1. The second kappa shape index (κ2) is 9.32. The Morgan fingerprint density at radius 3 is 2.64 bits per heavy atom. The molecule has 0 radical (unpaired) electrons. The van der Waals surface area contributed by atoms with Crippen LogP contribution < -0.4 is 0 Å².